The zero-order chi connectivity index (χ0) is 14.5. The molecule has 0 heterocycles. The molecule has 5 nitrogen and oxygen atoms in total. The molecule has 2 rings (SSSR count). The van der Waals surface area contributed by atoms with Gasteiger partial charge in [0.15, 0.2) is 0 Å². The van der Waals surface area contributed by atoms with E-state index in [1.807, 2.05) is 0 Å². The van der Waals surface area contributed by atoms with Gasteiger partial charge in [0.05, 0.1) is 10.5 Å². The molecule has 0 spiro atoms. The number of nitro benzene ring substituents is 1. The van der Waals surface area contributed by atoms with Gasteiger partial charge in [-0.2, -0.15) is 0 Å². The average molecular weight is 289 g/mol. The summed E-state index contributed by atoms with van der Waals surface area (Å²) < 4.78 is 0. The predicted octanol–water partition coefficient (Wildman–Crippen LogP) is 3.59. The molecule has 6 heteroatoms. The molecule has 0 fully saturated rings. The number of thioether (sulfide) groups is 1. The first-order valence-corrected chi connectivity index (χ1v) is 6.75. The van der Waals surface area contributed by atoms with Crippen LogP contribution in [0.15, 0.2) is 53.4 Å². The lowest BCUT2D eigenvalue weighted by atomic mass is 10.2. The van der Waals surface area contributed by atoms with Crippen molar-refractivity contribution >= 4 is 23.4 Å². The van der Waals surface area contributed by atoms with Crippen molar-refractivity contribution in [3.05, 3.63) is 69.8 Å². The molecule has 0 aliphatic carbocycles. The lowest BCUT2D eigenvalue weighted by molar-refractivity contribution is -0.384. The van der Waals surface area contributed by atoms with E-state index < -0.39 is 10.9 Å². The molecule has 0 unspecified atom stereocenters. The van der Waals surface area contributed by atoms with Gasteiger partial charge in [0.2, 0.25) is 0 Å². The van der Waals surface area contributed by atoms with Crippen LogP contribution in [0.4, 0.5) is 5.69 Å². The van der Waals surface area contributed by atoms with Crippen molar-refractivity contribution in [1.29, 1.82) is 0 Å². The molecule has 102 valence electrons. The summed E-state index contributed by atoms with van der Waals surface area (Å²) in [6.45, 7) is 0. The van der Waals surface area contributed by atoms with Crippen LogP contribution in [0.1, 0.15) is 15.9 Å². The number of non-ortho nitro benzene ring substituents is 1. The fourth-order valence-electron chi connectivity index (χ4n) is 1.69. The SMILES string of the molecule is O=C(O)c1ccccc1SCc1cccc([N+](=O)[O-])c1. The molecular formula is C14H11NO4S. The molecule has 0 atom stereocenters. The van der Waals surface area contributed by atoms with E-state index in [1.54, 1.807) is 30.3 Å². The molecule has 0 aromatic heterocycles. The molecule has 0 aliphatic rings. The highest BCUT2D eigenvalue weighted by atomic mass is 32.2. The van der Waals surface area contributed by atoms with E-state index in [-0.39, 0.29) is 11.3 Å². The highest BCUT2D eigenvalue weighted by Gasteiger charge is 2.10. The maximum atomic E-state index is 11.1. The third-order valence-electron chi connectivity index (χ3n) is 2.63. The van der Waals surface area contributed by atoms with E-state index in [1.165, 1.54) is 30.0 Å². The van der Waals surface area contributed by atoms with Crippen molar-refractivity contribution < 1.29 is 14.8 Å². The van der Waals surface area contributed by atoms with Crippen molar-refractivity contribution in [2.75, 3.05) is 0 Å². The summed E-state index contributed by atoms with van der Waals surface area (Å²) in [4.78, 5) is 22.0. The molecule has 0 aliphatic heterocycles. The Bertz CT molecular complexity index is 657. The normalized spacial score (nSPS) is 10.2. The molecule has 0 saturated heterocycles. The number of carboxylic acid groups (broad SMARTS) is 1. The van der Waals surface area contributed by atoms with Gasteiger partial charge >= 0.3 is 5.97 Å². The minimum atomic E-state index is -0.979. The van der Waals surface area contributed by atoms with Crippen molar-refractivity contribution in [3.63, 3.8) is 0 Å². The summed E-state index contributed by atoms with van der Waals surface area (Å²) in [5, 5.41) is 19.8. The second kappa shape index (κ2) is 6.21. The fourth-order valence-corrected chi connectivity index (χ4v) is 2.68. The predicted molar refractivity (Wildman–Crippen MR) is 76.1 cm³/mol. The van der Waals surface area contributed by atoms with Crippen LogP contribution in [0.3, 0.4) is 0 Å². The van der Waals surface area contributed by atoms with E-state index >= 15 is 0 Å². The zero-order valence-corrected chi connectivity index (χ0v) is 11.2. The van der Waals surface area contributed by atoms with Crippen LogP contribution in [0, 0.1) is 10.1 Å². The largest absolute Gasteiger partial charge is 0.478 e. The molecule has 0 radical (unpaired) electrons. The molecule has 0 bridgehead atoms. The second-order valence-corrected chi connectivity index (χ2v) is 5.03. The fraction of sp³-hybridized carbons (Fsp3) is 0.0714. The summed E-state index contributed by atoms with van der Waals surface area (Å²) in [5.41, 5.74) is 1.06. The minimum absolute atomic E-state index is 0.0367. The van der Waals surface area contributed by atoms with Gasteiger partial charge in [-0.15, -0.1) is 11.8 Å². The van der Waals surface area contributed by atoms with Crippen LogP contribution in [-0.4, -0.2) is 16.0 Å². The van der Waals surface area contributed by atoms with Gasteiger partial charge in [0.1, 0.15) is 0 Å². The van der Waals surface area contributed by atoms with Crippen LogP contribution in [-0.2, 0) is 5.75 Å². The Balaban J connectivity index is 2.15. The number of rotatable bonds is 5. The van der Waals surface area contributed by atoms with Gasteiger partial charge in [0, 0.05) is 22.8 Å². The Morgan fingerprint density at radius 3 is 2.65 bits per heavy atom. The molecule has 2 aromatic rings. The van der Waals surface area contributed by atoms with E-state index in [2.05, 4.69) is 0 Å². The summed E-state index contributed by atoms with van der Waals surface area (Å²) in [6, 6.07) is 13.0. The standard InChI is InChI=1S/C14H11NO4S/c16-14(17)12-6-1-2-7-13(12)20-9-10-4-3-5-11(8-10)15(18)19/h1-8H,9H2,(H,16,17). The monoisotopic (exact) mass is 289 g/mol. The summed E-state index contributed by atoms with van der Waals surface area (Å²) in [6.07, 6.45) is 0. The average Bonchev–Trinajstić information content (AvgIpc) is 2.45. The first-order valence-electron chi connectivity index (χ1n) is 5.76. The van der Waals surface area contributed by atoms with Crippen molar-refractivity contribution in [3.8, 4) is 0 Å². The highest BCUT2D eigenvalue weighted by molar-refractivity contribution is 7.98. The molecule has 20 heavy (non-hydrogen) atoms. The third kappa shape index (κ3) is 3.36. The van der Waals surface area contributed by atoms with E-state index in [4.69, 9.17) is 5.11 Å². The van der Waals surface area contributed by atoms with Gasteiger partial charge in [-0.25, -0.2) is 4.79 Å². The number of benzene rings is 2. The molecule has 0 amide bonds. The van der Waals surface area contributed by atoms with E-state index in [0.717, 1.165) is 5.56 Å². The van der Waals surface area contributed by atoms with Crippen LogP contribution in [0.5, 0.6) is 0 Å². The minimum Gasteiger partial charge on any atom is -0.478 e. The smallest absolute Gasteiger partial charge is 0.336 e. The number of hydrogen-bond acceptors (Lipinski definition) is 4. The number of hydrogen-bond donors (Lipinski definition) is 1. The van der Waals surface area contributed by atoms with Crippen molar-refractivity contribution in [2.45, 2.75) is 10.6 Å². The number of nitro groups is 1. The van der Waals surface area contributed by atoms with E-state index in [0.29, 0.717) is 10.6 Å². The molecule has 0 saturated carbocycles. The van der Waals surface area contributed by atoms with Crippen LogP contribution < -0.4 is 0 Å². The van der Waals surface area contributed by atoms with Gasteiger partial charge in [0.25, 0.3) is 5.69 Å². The zero-order valence-electron chi connectivity index (χ0n) is 10.4. The molecule has 1 N–H and O–H groups in total. The van der Waals surface area contributed by atoms with Crippen LogP contribution in [0.2, 0.25) is 0 Å². The Labute approximate surface area is 119 Å². The Morgan fingerprint density at radius 2 is 1.95 bits per heavy atom. The van der Waals surface area contributed by atoms with Crippen molar-refractivity contribution in [1.82, 2.24) is 0 Å². The van der Waals surface area contributed by atoms with Crippen LogP contribution >= 0.6 is 11.8 Å². The van der Waals surface area contributed by atoms with E-state index in [9.17, 15) is 14.9 Å². The summed E-state index contributed by atoms with van der Waals surface area (Å²) >= 11 is 1.35. The number of carbonyl (C=O) groups is 1. The second-order valence-electron chi connectivity index (χ2n) is 4.02. The Hall–Kier alpha value is -2.34. The Morgan fingerprint density at radius 1 is 1.20 bits per heavy atom. The van der Waals surface area contributed by atoms with Gasteiger partial charge in [-0.05, 0) is 17.7 Å². The molecule has 2 aromatic carbocycles. The van der Waals surface area contributed by atoms with Gasteiger partial charge < -0.3 is 5.11 Å². The quantitative estimate of drug-likeness (QED) is 0.517. The Kier molecular flexibility index (Phi) is 4.37. The first kappa shape index (κ1) is 14.1. The number of nitrogens with zero attached hydrogens (tertiary/aromatic N) is 1. The highest BCUT2D eigenvalue weighted by Crippen LogP contribution is 2.27. The third-order valence-corrected chi connectivity index (χ3v) is 3.78. The summed E-state index contributed by atoms with van der Waals surface area (Å²) in [7, 11) is 0. The first-order chi connectivity index (χ1) is 9.58. The van der Waals surface area contributed by atoms with Gasteiger partial charge in [-0.3, -0.25) is 10.1 Å². The van der Waals surface area contributed by atoms with Crippen molar-refractivity contribution in [2.24, 2.45) is 0 Å². The number of aromatic carboxylic acids is 1. The molecular weight excluding hydrogens is 278 g/mol. The maximum Gasteiger partial charge on any atom is 0.336 e. The maximum absolute atomic E-state index is 11.1. The lowest BCUT2D eigenvalue weighted by Crippen LogP contribution is -1.98. The number of carboxylic acids is 1. The lowest BCUT2D eigenvalue weighted by Gasteiger charge is -2.05. The van der Waals surface area contributed by atoms with Crippen LogP contribution in [0.25, 0.3) is 0 Å². The topological polar surface area (TPSA) is 80.4 Å². The summed E-state index contributed by atoms with van der Waals surface area (Å²) in [5.74, 6) is -0.501. The van der Waals surface area contributed by atoms with Gasteiger partial charge in [-0.1, -0.05) is 24.3 Å².